The average molecular weight is 258 g/mol. The van der Waals surface area contributed by atoms with Crippen LogP contribution in [0.2, 0.25) is 0 Å². The van der Waals surface area contributed by atoms with Gasteiger partial charge in [-0.2, -0.15) is 5.26 Å². The predicted octanol–water partition coefficient (Wildman–Crippen LogP) is 2.22. The molecule has 4 heteroatoms. The van der Waals surface area contributed by atoms with E-state index in [0.717, 1.165) is 31.1 Å². The third kappa shape index (κ3) is 2.87. The monoisotopic (exact) mass is 258 g/mol. The number of anilines is 1. The molecule has 1 atom stereocenters. The number of nitrogens with zero attached hydrogens (tertiary/aromatic N) is 4. The molecule has 0 saturated carbocycles. The molecule has 102 valence electrons. The fraction of sp³-hybridized carbons (Fsp3) is 0.600. The Morgan fingerprint density at radius 1 is 1.37 bits per heavy atom. The number of rotatable bonds is 2. The molecule has 1 fully saturated rings. The van der Waals surface area contributed by atoms with Crippen molar-refractivity contribution in [2.45, 2.75) is 32.7 Å². The first-order chi connectivity index (χ1) is 9.02. The molecule has 1 unspecified atom stereocenters. The molecular weight excluding hydrogens is 236 g/mol. The summed E-state index contributed by atoms with van der Waals surface area (Å²) in [5.74, 6) is 1.24. The van der Waals surface area contributed by atoms with Crippen LogP contribution in [0, 0.1) is 11.3 Å². The van der Waals surface area contributed by atoms with E-state index in [2.05, 4.69) is 43.7 Å². The number of hydrogen-bond donors (Lipinski definition) is 0. The molecule has 0 aliphatic carbocycles. The molecule has 2 heterocycles. The molecular formula is C15H22N4. The molecule has 1 saturated heterocycles. The highest BCUT2D eigenvalue weighted by Gasteiger charge is 2.23. The van der Waals surface area contributed by atoms with Crippen LogP contribution in [-0.4, -0.2) is 42.6 Å². The fourth-order valence-corrected chi connectivity index (χ4v) is 2.35. The van der Waals surface area contributed by atoms with Gasteiger partial charge in [-0.1, -0.05) is 13.8 Å². The van der Waals surface area contributed by atoms with E-state index >= 15 is 0 Å². The Bertz CT molecular complexity index is 489. The second-order valence-electron chi connectivity index (χ2n) is 5.65. The maximum atomic E-state index is 9.27. The molecule has 0 aromatic carbocycles. The van der Waals surface area contributed by atoms with E-state index in [1.165, 1.54) is 0 Å². The van der Waals surface area contributed by atoms with Crippen LogP contribution in [0.4, 0.5) is 5.82 Å². The molecule has 1 aliphatic heterocycles. The van der Waals surface area contributed by atoms with E-state index in [1.54, 1.807) is 0 Å². The van der Waals surface area contributed by atoms with E-state index in [1.807, 2.05) is 12.1 Å². The van der Waals surface area contributed by atoms with Crippen molar-refractivity contribution >= 4 is 5.82 Å². The van der Waals surface area contributed by atoms with Crippen molar-refractivity contribution in [3.63, 3.8) is 0 Å². The smallest absolute Gasteiger partial charge is 0.146 e. The highest BCUT2D eigenvalue weighted by Crippen LogP contribution is 2.23. The summed E-state index contributed by atoms with van der Waals surface area (Å²) in [5.41, 5.74) is 1.74. The highest BCUT2D eigenvalue weighted by molar-refractivity contribution is 5.55. The van der Waals surface area contributed by atoms with Gasteiger partial charge in [-0.05, 0) is 32.0 Å². The molecule has 2 rings (SSSR count). The maximum absolute atomic E-state index is 9.27. The summed E-state index contributed by atoms with van der Waals surface area (Å²) in [4.78, 5) is 9.30. The maximum Gasteiger partial charge on any atom is 0.146 e. The number of pyridine rings is 1. The summed E-state index contributed by atoms with van der Waals surface area (Å²) in [6.07, 6.45) is 0. The molecule has 0 N–H and O–H groups in total. The number of nitriles is 1. The lowest BCUT2D eigenvalue weighted by molar-refractivity contribution is 0.233. The van der Waals surface area contributed by atoms with Gasteiger partial charge in [0.15, 0.2) is 0 Å². The minimum Gasteiger partial charge on any atom is -0.353 e. The lowest BCUT2D eigenvalue weighted by atomic mass is 10.1. The second-order valence-corrected chi connectivity index (χ2v) is 5.65. The van der Waals surface area contributed by atoms with Crippen LogP contribution in [0.5, 0.6) is 0 Å². The van der Waals surface area contributed by atoms with Crippen LogP contribution in [0.25, 0.3) is 0 Å². The topological polar surface area (TPSA) is 43.2 Å². The van der Waals surface area contributed by atoms with Crippen molar-refractivity contribution in [3.8, 4) is 6.07 Å². The fourth-order valence-electron chi connectivity index (χ4n) is 2.35. The van der Waals surface area contributed by atoms with Crippen LogP contribution >= 0.6 is 0 Å². The van der Waals surface area contributed by atoms with Gasteiger partial charge < -0.3 is 9.80 Å². The van der Waals surface area contributed by atoms with Gasteiger partial charge in [0.2, 0.25) is 0 Å². The molecule has 0 radical (unpaired) electrons. The number of aromatic nitrogens is 1. The average Bonchev–Trinajstić information content (AvgIpc) is 2.41. The zero-order chi connectivity index (χ0) is 14.0. The first-order valence-electron chi connectivity index (χ1n) is 6.89. The third-order valence-electron chi connectivity index (χ3n) is 3.87. The summed E-state index contributed by atoms with van der Waals surface area (Å²) in [6.45, 7) is 9.35. The van der Waals surface area contributed by atoms with Gasteiger partial charge in [0, 0.05) is 31.4 Å². The molecule has 0 amide bonds. The van der Waals surface area contributed by atoms with Crippen molar-refractivity contribution in [2.24, 2.45) is 0 Å². The van der Waals surface area contributed by atoms with E-state index in [4.69, 9.17) is 4.98 Å². The van der Waals surface area contributed by atoms with Crippen LogP contribution in [0.1, 0.15) is 37.9 Å². The van der Waals surface area contributed by atoms with E-state index in [-0.39, 0.29) is 0 Å². The highest BCUT2D eigenvalue weighted by atomic mass is 15.3. The lowest BCUT2D eigenvalue weighted by Gasteiger charge is -2.38. The Balaban J connectivity index is 2.32. The van der Waals surface area contributed by atoms with Crippen LogP contribution in [0.3, 0.4) is 0 Å². The van der Waals surface area contributed by atoms with Gasteiger partial charge in [-0.3, -0.25) is 0 Å². The molecule has 0 bridgehead atoms. The summed E-state index contributed by atoms with van der Waals surface area (Å²) in [5, 5.41) is 9.27. The van der Waals surface area contributed by atoms with E-state index in [0.29, 0.717) is 17.5 Å². The quantitative estimate of drug-likeness (QED) is 0.816. The Kier molecular flexibility index (Phi) is 4.06. The first kappa shape index (κ1) is 13.8. The van der Waals surface area contributed by atoms with Gasteiger partial charge >= 0.3 is 0 Å². The molecule has 1 aromatic heterocycles. The minimum absolute atomic E-state index is 0.386. The third-order valence-corrected chi connectivity index (χ3v) is 3.87. The normalized spacial score (nSPS) is 20.6. The van der Waals surface area contributed by atoms with E-state index < -0.39 is 0 Å². The molecule has 0 spiro atoms. The summed E-state index contributed by atoms with van der Waals surface area (Å²) in [6, 6.07) is 6.63. The van der Waals surface area contributed by atoms with Gasteiger partial charge in [0.25, 0.3) is 0 Å². The van der Waals surface area contributed by atoms with Crippen LogP contribution in [-0.2, 0) is 0 Å². The van der Waals surface area contributed by atoms with Gasteiger partial charge in [0.1, 0.15) is 11.9 Å². The summed E-state index contributed by atoms with van der Waals surface area (Å²) >= 11 is 0. The Labute approximate surface area is 115 Å². The molecule has 1 aromatic rings. The van der Waals surface area contributed by atoms with Gasteiger partial charge in [-0.25, -0.2) is 4.98 Å². The summed E-state index contributed by atoms with van der Waals surface area (Å²) in [7, 11) is 2.14. The van der Waals surface area contributed by atoms with Crippen LogP contribution < -0.4 is 4.90 Å². The first-order valence-corrected chi connectivity index (χ1v) is 6.89. The van der Waals surface area contributed by atoms with Crippen molar-refractivity contribution < 1.29 is 0 Å². The number of piperazine rings is 1. The number of likely N-dealkylation sites (N-methyl/N-ethyl adjacent to an activating group) is 1. The minimum atomic E-state index is 0.386. The van der Waals surface area contributed by atoms with Crippen LogP contribution in [0.15, 0.2) is 12.1 Å². The number of hydrogen-bond acceptors (Lipinski definition) is 4. The Morgan fingerprint density at radius 3 is 2.68 bits per heavy atom. The second kappa shape index (κ2) is 5.58. The Hall–Kier alpha value is -1.60. The zero-order valence-corrected chi connectivity index (χ0v) is 12.2. The summed E-state index contributed by atoms with van der Waals surface area (Å²) < 4.78 is 0. The largest absolute Gasteiger partial charge is 0.353 e. The molecule has 19 heavy (non-hydrogen) atoms. The van der Waals surface area contributed by atoms with Gasteiger partial charge in [0.05, 0.1) is 5.56 Å². The standard InChI is InChI=1S/C15H22N4/c1-11(2)14-6-5-13(9-16)15(17-14)19-8-7-18(4)12(3)10-19/h5-6,11-12H,7-8,10H2,1-4H3. The van der Waals surface area contributed by atoms with Crippen molar-refractivity contribution in [1.82, 2.24) is 9.88 Å². The van der Waals surface area contributed by atoms with Gasteiger partial charge in [-0.15, -0.1) is 0 Å². The SMILES string of the molecule is CC(C)c1ccc(C#N)c(N2CCN(C)C(C)C2)n1. The van der Waals surface area contributed by atoms with Crippen molar-refractivity contribution in [1.29, 1.82) is 5.26 Å². The molecule has 4 nitrogen and oxygen atoms in total. The lowest BCUT2D eigenvalue weighted by Crippen LogP contribution is -2.50. The van der Waals surface area contributed by atoms with Crippen molar-refractivity contribution in [3.05, 3.63) is 23.4 Å². The van der Waals surface area contributed by atoms with Crippen molar-refractivity contribution in [2.75, 3.05) is 31.6 Å². The Morgan fingerprint density at radius 2 is 2.11 bits per heavy atom. The predicted molar refractivity (Wildman–Crippen MR) is 77.3 cm³/mol. The van der Waals surface area contributed by atoms with E-state index in [9.17, 15) is 5.26 Å². The molecule has 1 aliphatic rings. The zero-order valence-electron chi connectivity index (χ0n) is 12.2.